The molecule has 0 aliphatic heterocycles. The molecule has 0 atom stereocenters. The zero-order valence-electron chi connectivity index (χ0n) is 11.0. The van der Waals surface area contributed by atoms with E-state index in [0.29, 0.717) is 5.56 Å². The van der Waals surface area contributed by atoms with Gasteiger partial charge in [-0.3, -0.25) is 15.5 Å². The first-order valence-electron chi connectivity index (χ1n) is 5.82. The zero-order valence-corrected chi connectivity index (χ0v) is 11.0. The first-order valence-corrected chi connectivity index (χ1v) is 5.82. The molecule has 1 aromatic carbocycles. The number of nitro benzene ring substituents is 1. The number of nitrogens with two attached hydrogens (primary N) is 1. The third kappa shape index (κ3) is 2.94. The number of rotatable bonds is 4. The van der Waals surface area contributed by atoms with Crippen molar-refractivity contribution in [1.29, 1.82) is 5.41 Å². The Labute approximate surface area is 118 Å². The number of hydrogen-bond donors (Lipinski definition) is 2. The van der Waals surface area contributed by atoms with Crippen LogP contribution in [0.4, 0.5) is 10.1 Å². The molecule has 0 aliphatic rings. The van der Waals surface area contributed by atoms with Gasteiger partial charge in [0.1, 0.15) is 11.7 Å². The standard InChI is InChI=1S/C13H11FN4O3/c1-7-4-5-17-13(11(7)12(15)16)21-10-6-8(14)2-3-9(10)18(19)20/h2-6H,1H3,(H3,15,16). The van der Waals surface area contributed by atoms with Crippen LogP contribution in [0.2, 0.25) is 0 Å². The molecule has 2 aromatic rings. The van der Waals surface area contributed by atoms with Gasteiger partial charge in [-0.25, -0.2) is 9.37 Å². The molecule has 2 rings (SSSR count). The first kappa shape index (κ1) is 14.4. The van der Waals surface area contributed by atoms with Crippen molar-refractivity contribution in [2.24, 2.45) is 5.73 Å². The quantitative estimate of drug-likeness (QED) is 0.388. The van der Waals surface area contributed by atoms with Gasteiger partial charge in [0.05, 0.1) is 10.5 Å². The number of nitrogens with zero attached hydrogens (tertiary/aromatic N) is 2. The minimum Gasteiger partial charge on any atom is -0.431 e. The average Bonchev–Trinajstić information content (AvgIpc) is 2.37. The fraction of sp³-hybridized carbons (Fsp3) is 0.0769. The van der Waals surface area contributed by atoms with Crippen LogP contribution in [0.15, 0.2) is 30.5 Å². The summed E-state index contributed by atoms with van der Waals surface area (Å²) in [5, 5.41) is 18.4. The van der Waals surface area contributed by atoms with Gasteiger partial charge in [-0.2, -0.15) is 0 Å². The van der Waals surface area contributed by atoms with Gasteiger partial charge >= 0.3 is 5.69 Å². The fourth-order valence-corrected chi connectivity index (χ4v) is 1.76. The molecule has 8 heteroatoms. The summed E-state index contributed by atoms with van der Waals surface area (Å²) >= 11 is 0. The lowest BCUT2D eigenvalue weighted by Crippen LogP contribution is -2.15. The highest BCUT2D eigenvalue weighted by atomic mass is 19.1. The second kappa shape index (κ2) is 5.53. The van der Waals surface area contributed by atoms with E-state index in [1.807, 2.05) is 0 Å². The van der Waals surface area contributed by atoms with Crippen LogP contribution in [0.5, 0.6) is 11.6 Å². The molecule has 0 aliphatic carbocycles. The van der Waals surface area contributed by atoms with Crippen LogP contribution < -0.4 is 10.5 Å². The Hall–Kier alpha value is -3.03. The second-order valence-electron chi connectivity index (χ2n) is 4.19. The van der Waals surface area contributed by atoms with Gasteiger partial charge in [0.15, 0.2) is 0 Å². The summed E-state index contributed by atoms with van der Waals surface area (Å²) in [6.45, 7) is 1.69. The minimum absolute atomic E-state index is 0.0869. The molecule has 0 saturated heterocycles. The number of pyridine rings is 1. The van der Waals surface area contributed by atoms with E-state index in [-0.39, 0.29) is 23.0 Å². The Bertz CT molecular complexity index is 733. The Morgan fingerprint density at radius 2 is 2.19 bits per heavy atom. The minimum atomic E-state index is -0.696. The van der Waals surface area contributed by atoms with Crippen LogP contribution in [0.25, 0.3) is 0 Å². The van der Waals surface area contributed by atoms with Gasteiger partial charge in [0.2, 0.25) is 11.6 Å². The van der Waals surface area contributed by atoms with Gasteiger partial charge in [-0.15, -0.1) is 0 Å². The van der Waals surface area contributed by atoms with E-state index in [9.17, 15) is 14.5 Å². The van der Waals surface area contributed by atoms with Crippen LogP contribution in [0.3, 0.4) is 0 Å². The Morgan fingerprint density at radius 1 is 1.48 bits per heavy atom. The highest BCUT2D eigenvalue weighted by molar-refractivity contribution is 5.98. The fourth-order valence-electron chi connectivity index (χ4n) is 1.76. The lowest BCUT2D eigenvalue weighted by Gasteiger charge is -2.11. The van der Waals surface area contributed by atoms with E-state index >= 15 is 0 Å². The molecule has 0 unspecified atom stereocenters. The number of halogens is 1. The number of nitro groups is 1. The maximum atomic E-state index is 13.3. The third-order valence-corrected chi connectivity index (χ3v) is 2.72. The summed E-state index contributed by atoms with van der Waals surface area (Å²) in [6, 6.07) is 4.45. The topological polar surface area (TPSA) is 115 Å². The number of benzene rings is 1. The molecule has 0 saturated carbocycles. The van der Waals surface area contributed by atoms with Crippen molar-refractivity contribution in [2.45, 2.75) is 6.92 Å². The summed E-state index contributed by atoms with van der Waals surface area (Å²) in [4.78, 5) is 14.1. The molecular formula is C13H11FN4O3. The average molecular weight is 290 g/mol. The highest BCUT2D eigenvalue weighted by Crippen LogP contribution is 2.33. The molecule has 0 radical (unpaired) electrons. The van der Waals surface area contributed by atoms with Crippen LogP contribution in [-0.4, -0.2) is 15.7 Å². The first-order chi connectivity index (χ1) is 9.90. The maximum Gasteiger partial charge on any atom is 0.311 e. The molecule has 1 aromatic heterocycles. The SMILES string of the molecule is Cc1ccnc(Oc2cc(F)ccc2[N+](=O)[O-])c1C(=N)N. The van der Waals surface area contributed by atoms with Crippen molar-refractivity contribution in [2.75, 3.05) is 0 Å². The number of hydrogen-bond acceptors (Lipinski definition) is 5. The van der Waals surface area contributed by atoms with E-state index in [4.69, 9.17) is 15.9 Å². The van der Waals surface area contributed by atoms with Crippen LogP contribution >= 0.6 is 0 Å². The predicted octanol–water partition coefficient (Wildman–Crippen LogP) is 2.51. The second-order valence-corrected chi connectivity index (χ2v) is 4.19. The lowest BCUT2D eigenvalue weighted by atomic mass is 10.1. The van der Waals surface area contributed by atoms with Crippen molar-refractivity contribution >= 4 is 11.5 Å². The molecule has 108 valence electrons. The van der Waals surface area contributed by atoms with Gasteiger partial charge < -0.3 is 10.5 Å². The Kier molecular flexibility index (Phi) is 3.79. The normalized spacial score (nSPS) is 10.2. The van der Waals surface area contributed by atoms with Crippen molar-refractivity contribution < 1.29 is 14.1 Å². The summed E-state index contributed by atoms with van der Waals surface area (Å²) in [7, 11) is 0. The molecule has 21 heavy (non-hydrogen) atoms. The van der Waals surface area contributed by atoms with E-state index < -0.39 is 16.4 Å². The molecular weight excluding hydrogens is 279 g/mol. The van der Waals surface area contributed by atoms with Crippen molar-refractivity contribution in [3.8, 4) is 11.6 Å². The summed E-state index contributed by atoms with van der Waals surface area (Å²) in [5.74, 6) is -1.38. The van der Waals surface area contributed by atoms with Gasteiger partial charge in [0.25, 0.3) is 0 Å². The van der Waals surface area contributed by atoms with Crippen molar-refractivity contribution in [3.63, 3.8) is 0 Å². The van der Waals surface area contributed by atoms with E-state index in [2.05, 4.69) is 4.98 Å². The number of nitrogen functional groups attached to an aromatic ring is 1. The highest BCUT2D eigenvalue weighted by Gasteiger charge is 2.20. The number of aromatic nitrogens is 1. The van der Waals surface area contributed by atoms with Crippen LogP contribution in [-0.2, 0) is 0 Å². The summed E-state index contributed by atoms with van der Waals surface area (Å²) < 4.78 is 18.6. The monoisotopic (exact) mass is 290 g/mol. The molecule has 0 bridgehead atoms. The molecule has 3 N–H and O–H groups in total. The summed E-state index contributed by atoms with van der Waals surface area (Å²) in [5.41, 5.74) is 5.87. The predicted molar refractivity (Wildman–Crippen MR) is 73.1 cm³/mol. The number of amidine groups is 1. The van der Waals surface area contributed by atoms with Crippen molar-refractivity contribution in [1.82, 2.24) is 4.98 Å². The van der Waals surface area contributed by atoms with E-state index in [0.717, 1.165) is 18.2 Å². The molecule has 0 spiro atoms. The van der Waals surface area contributed by atoms with Crippen LogP contribution in [0, 0.1) is 28.3 Å². The Morgan fingerprint density at radius 3 is 2.81 bits per heavy atom. The molecule has 0 amide bonds. The molecule has 1 heterocycles. The van der Waals surface area contributed by atoms with Gasteiger partial charge in [-0.05, 0) is 24.6 Å². The smallest absolute Gasteiger partial charge is 0.311 e. The number of ether oxygens (including phenoxy) is 1. The van der Waals surface area contributed by atoms with Gasteiger partial charge in [-0.1, -0.05) is 0 Å². The lowest BCUT2D eigenvalue weighted by molar-refractivity contribution is -0.385. The third-order valence-electron chi connectivity index (χ3n) is 2.72. The van der Waals surface area contributed by atoms with Gasteiger partial charge in [0, 0.05) is 18.3 Å². The zero-order chi connectivity index (χ0) is 15.6. The van der Waals surface area contributed by atoms with Crippen LogP contribution in [0.1, 0.15) is 11.1 Å². The number of aryl methyl sites for hydroxylation is 1. The van der Waals surface area contributed by atoms with Crippen molar-refractivity contribution in [3.05, 3.63) is 57.5 Å². The van der Waals surface area contributed by atoms with E-state index in [1.165, 1.54) is 6.20 Å². The molecule has 0 fully saturated rings. The maximum absolute atomic E-state index is 13.3. The number of nitrogens with one attached hydrogen (secondary N) is 1. The Balaban J connectivity index is 2.53. The summed E-state index contributed by atoms with van der Waals surface area (Å²) in [6.07, 6.45) is 1.40. The molecule has 7 nitrogen and oxygen atoms in total. The largest absolute Gasteiger partial charge is 0.431 e. The van der Waals surface area contributed by atoms with E-state index in [1.54, 1.807) is 13.0 Å².